The molecule has 0 nitrogen and oxygen atoms in total. The molecule has 0 heterocycles. The normalized spacial score (nSPS) is 12.9. The van der Waals surface area contributed by atoms with E-state index in [1.54, 1.807) is 6.42 Å². The molecular weight excluding hydrogens is 333 g/mol. The molecule has 0 atom stereocenters. The van der Waals surface area contributed by atoms with Gasteiger partial charge in [-0.2, -0.15) is 0 Å². The van der Waals surface area contributed by atoms with Crippen LogP contribution in [0.3, 0.4) is 0 Å². The number of benzene rings is 2. The van der Waals surface area contributed by atoms with Gasteiger partial charge in [0.25, 0.3) is 0 Å². The molecule has 2 rings (SSSR count). The lowest BCUT2D eigenvalue weighted by atomic mass is 10.0. The molecule has 1 radical (unpaired) electrons. The van der Waals surface area contributed by atoms with Crippen LogP contribution in [-0.2, 0) is 0 Å². The summed E-state index contributed by atoms with van der Waals surface area (Å²) >= 11 is 29.4. The van der Waals surface area contributed by atoms with Crippen molar-refractivity contribution in [2.24, 2.45) is 0 Å². The molecule has 0 saturated carbocycles. The van der Waals surface area contributed by atoms with Crippen LogP contribution in [0.15, 0.2) is 42.5 Å². The first-order valence-electron chi connectivity index (χ1n) is 5.09. The van der Waals surface area contributed by atoms with Gasteiger partial charge >= 0.3 is 0 Å². The second kappa shape index (κ2) is 5.26. The molecule has 2 aromatic carbocycles. The van der Waals surface area contributed by atoms with Crippen LogP contribution in [0.2, 0.25) is 0 Å². The van der Waals surface area contributed by atoms with Crippen LogP contribution in [0, 0.1) is 6.42 Å². The predicted molar refractivity (Wildman–Crippen MR) is 82.1 cm³/mol. The maximum absolute atomic E-state index is 6.06. The second-order valence-corrected chi connectivity index (χ2v) is 7.50. The summed E-state index contributed by atoms with van der Waals surface area (Å²) in [6.07, 6.45) is 1.55. The average Bonchev–Trinajstić information content (AvgIpc) is 2.27. The maximum Gasteiger partial charge on any atom is 0.223 e. The molecule has 95 valence electrons. The van der Waals surface area contributed by atoms with Gasteiger partial charge in [0.15, 0.2) is 4.33 Å². The van der Waals surface area contributed by atoms with Crippen LogP contribution in [-0.4, -0.2) is 8.13 Å². The first-order chi connectivity index (χ1) is 8.31. The van der Waals surface area contributed by atoms with E-state index in [9.17, 15) is 0 Å². The first kappa shape index (κ1) is 14.6. The van der Waals surface area contributed by atoms with E-state index in [0.717, 1.165) is 16.3 Å². The molecule has 0 unspecified atom stereocenters. The summed E-state index contributed by atoms with van der Waals surface area (Å²) in [4.78, 5) is 0. The number of hydrogen-bond donors (Lipinski definition) is 0. The predicted octanol–water partition coefficient (Wildman–Crippen LogP) is 5.94. The van der Waals surface area contributed by atoms with Gasteiger partial charge in [-0.3, -0.25) is 0 Å². The van der Waals surface area contributed by atoms with Crippen molar-refractivity contribution in [3.8, 4) is 0 Å². The molecule has 0 aromatic heterocycles. The summed E-state index contributed by atoms with van der Waals surface area (Å²) in [7, 11) is 0. The van der Waals surface area contributed by atoms with Gasteiger partial charge in [-0.25, -0.2) is 0 Å². The minimum Gasteiger partial charge on any atom is -0.0961 e. The fourth-order valence-electron chi connectivity index (χ4n) is 1.65. The van der Waals surface area contributed by atoms with E-state index in [1.807, 2.05) is 42.5 Å². The first-order valence-corrected chi connectivity index (χ1v) is 6.98. The van der Waals surface area contributed by atoms with Gasteiger partial charge < -0.3 is 0 Å². The molecule has 2 aromatic rings. The van der Waals surface area contributed by atoms with Crippen LogP contribution in [0.5, 0.6) is 0 Å². The Labute approximate surface area is 131 Å². The lowest BCUT2D eigenvalue weighted by Gasteiger charge is -2.27. The van der Waals surface area contributed by atoms with Gasteiger partial charge in [-0.05, 0) is 16.3 Å². The highest BCUT2D eigenvalue weighted by molar-refractivity contribution is 6.76. The molecule has 5 heteroatoms. The smallest absolute Gasteiger partial charge is 0.0961 e. The Bertz CT molecular complexity index is 551. The number of hydrogen-bond acceptors (Lipinski definition) is 0. The van der Waals surface area contributed by atoms with Crippen molar-refractivity contribution >= 4 is 68.8 Å². The van der Waals surface area contributed by atoms with E-state index in [2.05, 4.69) is 0 Å². The molecule has 18 heavy (non-hydrogen) atoms. The van der Waals surface area contributed by atoms with Crippen molar-refractivity contribution in [1.82, 2.24) is 0 Å². The third-order valence-electron chi connectivity index (χ3n) is 2.54. The summed E-state index contributed by atoms with van der Waals surface area (Å²) in [5, 5.41) is 2.07. The van der Waals surface area contributed by atoms with Gasteiger partial charge in [0.2, 0.25) is 3.79 Å². The molecule has 0 fully saturated rings. The monoisotopic (exact) mass is 339 g/mol. The second-order valence-electron chi connectivity index (χ2n) is 3.83. The molecule has 0 N–H and O–H groups in total. The summed E-state index contributed by atoms with van der Waals surface area (Å²) in [6, 6.07) is 13.6. The van der Waals surface area contributed by atoms with Gasteiger partial charge in [0.1, 0.15) is 0 Å². The van der Waals surface area contributed by atoms with Crippen LogP contribution in [0.1, 0.15) is 5.56 Å². The number of fused-ring (bicyclic) bond motifs is 1. The van der Waals surface area contributed by atoms with E-state index >= 15 is 0 Å². The van der Waals surface area contributed by atoms with Gasteiger partial charge in [0.05, 0.1) is 0 Å². The van der Waals surface area contributed by atoms with Crippen molar-refractivity contribution in [1.29, 1.82) is 0 Å². The largest absolute Gasteiger partial charge is 0.223 e. The zero-order valence-corrected chi connectivity index (χ0v) is 12.8. The average molecular weight is 341 g/mol. The van der Waals surface area contributed by atoms with Gasteiger partial charge in [-0.15, -0.1) is 0 Å². The zero-order valence-electron chi connectivity index (χ0n) is 9.01. The summed E-state index contributed by atoms with van der Waals surface area (Å²) in [5.74, 6) is 0. The van der Waals surface area contributed by atoms with E-state index in [1.165, 1.54) is 0 Å². The fraction of sp³-hybridized carbons (Fsp3) is 0.154. The topological polar surface area (TPSA) is 0 Å². The molecule has 0 aliphatic rings. The lowest BCUT2D eigenvalue weighted by molar-refractivity contribution is 0.934. The molecule has 0 aliphatic carbocycles. The van der Waals surface area contributed by atoms with Crippen molar-refractivity contribution < 1.29 is 0 Å². The van der Waals surface area contributed by atoms with E-state index in [4.69, 9.17) is 58.0 Å². The van der Waals surface area contributed by atoms with Crippen LogP contribution >= 0.6 is 58.0 Å². The number of rotatable bonds is 2. The Morgan fingerprint density at radius 2 is 1.39 bits per heavy atom. The Hall–Kier alpha value is 0.150. The number of alkyl halides is 5. The van der Waals surface area contributed by atoms with Crippen molar-refractivity contribution in [2.75, 3.05) is 0 Å². The highest BCUT2D eigenvalue weighted by Crippen LogP contribution is 2.49. The third-order valence-corrected chi connectivity index (χ3v) is 4.80. The Kier molecular flexibility index (Phi) is 4.26. The molecule has 0 aliphatic heterocycles. The molecule has 0 amide bonds. The minimum atomic E-state index is -1.80. The fourth-order valence-corrected chi connectivity index (χ4v) is 2.05. The van der Waals surface area contributed by atoms with Crippen LogP contribution < -0.4 is 0 Å². The quantitative estimate of drug-likeness (QED) is 0.593. The van der Waals surface area contributed by atoms with Crippen molar-refractivity contribution in [2.45, 2.75) is 8.13 Å². The van der Waals surface area contributed by atoms with Gasteiger partial charge in [0, 0.05) is 6.42 Å². The van der Waals surface area contributed by atoms with E-state index in [0.29, 0.717) is 0 Å². The third kappa shape index (κ3) is 3.00. The highest BCUT2D eigenvalue weighted by atomic mass is 35.6. The van der Waals surface area contributed by atoms with Crippen LogP contribution in [0.4, 0.5) is 0 Å². The minimum absolute atomic E-state index is 0.824. The number of halogens is 5. The Balaban J connectivity index is 2.44. The molecule has 0 bridgehead atoms. The molecule has 0 spiro atoms. The van der Waals surface area contributed by atoms with E-state index < -0.39 is 8.13 Å². The highest BCUT2D eigenvalue weighted by Gasteiger charge is 2.46. The van der Waals surface area contributed by atoms with Gasteiger partial charge in [-0.1, -0.05) is 100 Å². The van der Waals surface area contributed by atoms with Crippen LogP contribution in [0.25, 0.3) is 10.8 Å². The summed E-state index contributed by atoms with van der Waals surface area (Å²) in [5.41, 5.74) is 0.824. The van der Waals surface area contributed by atoms with Crippen molar-refractivity contribution in [3.63, 3.8) is 0 Å². The summed E-state index contributed by atoms with van der Waals surface area (Å²) in [6.45, 7) is 0. The van der Waals surface area contributed by atoms with Crippen molar-refractivity contribution in [3.05, 3.63) is 54.4 Å². The maximum atomic E-state index is 6.06. The Morgan fingerprint density at radius 3 is 2.06 bits per heavy atom. The molecule has 0 saturated heterocycles. The molecular formula is C13H8Cl5. The van der Waals surface area contributed by atoms with E-state index in [-0.39, 0.29) is 0 Å². The lowest BCUT2D eigenvalue weighted by Crippen LogP contribution is -2.31. The Morgan fingerprint density at radius 1 is 0.778 bits per heavy atom. The SMILES string of the molecule is ClC(Cl)(Cl)C(Cl)(Cl)[CH]c1cccc2ccccc12. The summed E-state index contributed by atoms with van der Waals surface area (Å²) < 4.78 is -3.39. The zero-order chi connectivity index (χ0) is 13.4. The standard InChI is InChI=1S/C13H8Cl5/c14-12(15,13(16,17)18)8-10-6-3-5-9-4-1-2-7-11(9)10/h1-8H.